The second kappa shape index (κ2) is 4.24. The van der Waals surface area contributed by atoms with Crippen LogP contribution in [0.15, 0.2) is 0 Å². The number of nitrogens with one attached hydrogen (secondary N) is 1. The van der Waals surface area contributed by atoms with Crippen molar-refractivity contribution < 1.29 is 4.74 Å². The fourth-order valence-corrected chi connectivity index (χ4v) is 1.29. The Balaban J connectivity index is 2.15. The SMILES string of the molecule is CCC(C)(C)NCC1CCOC1. The maximum absolute atomic E-state index is 5.32. The van der Waals surface area contributed by atoms with Gasteiger partial charge in [0.15, 0.2) is 0 Å². The fraction of sp³-hybridized carbons (Fsp3) is 1.00. The van der Waals surface area contributed by atoms with E-state index in [1.807, 2.05) is 0 Å². The van der Waals surface area contributed by atoms with E-state index in [4.69, 9.17) is 4.74 Å². The average Bonchev–Trinajstić information content (AvgIpc) is 2.53. The molecule has 2 heteroatoms. The molecule has 1 saturated heterocycles. The van der Waals surface area contributed by atoms with Crippen LogP contribution in [0.1, 0.15) is 33.6 Å². The van der Waals surface area contributed by atoms with Gasteiger partial charge in [0.25, 0.3) is 0 Å². The molecule has 0 aliphatic carbocycles. The Labute approximate surface area is 75.7 Å². The van der Waals surface area contributed by atoms with Crippen LogP contribution in [-0.2, 0) is 4.74 Å². The molecule has 1 rings (SSSR count). The van der Waals surface area contributed by atoms with Gasteiger partial charge in [0, 0.05) is 18.7 Å². The van der Waals surface area contributed by atoms with Gasteiger partial charge in [0.2, 0.25) is 0 Å². The highest BCUT2D eigenvalue weighted by molar-refractivity contribution is 4.78. The van der Waals surface area contributed by atoms with Gasteiger partial charge in [-0.2, -0.15) is 0 Å². The van der Waals surface area contributed by atoms with Gasteiger partial charge in [0.1, 0.15) is 0 Å². The predicted octanol–water partition coefficient (Wildman–Crippen LogP) is 1.80. The molecule has 0 saturated carbocycles. The molecule has 0 aromatic carbocycles. The molecular weight excluding hydrogens is 150 g/mol. The zero-order valence-electron chi connectivity index (χ0n) is 8.52. The fourth-order valence-electron chi connectivity index (χ4n) is 1.29. The van der Waals surface area contributed by atoms with Crippen molar-refractivity contribution in [2.24, 2.45) is 5.92 Å². The maximum Gasteiger partial charge on any atom is 0.0507 e. The molecule has 0 amide bonds. The summed E-state index contributed by atoms with van der Waals surface area (Å²) in [5, 5.41) is 3.57. The summed E-state index contributed by atoms with van der Waals surface area (Å²) in [5.41, 5.74) is 0.294. The topological polar surface area (TPSA) is 21.3 Å². The van der Waals surface area contributed by atoms with E-state index in [0.29, 0.717) is 5.54 Å². The third-order valence-corrected chi connectivity index (χ3v) is 2.78. The molecule has 0 radical (unpaired) electrons. The first kappa shape index (κ1) is 10.0. The van der Waals surface area contributed by atoms with Gasteiger partial charge >= 0.3 is 0 Å². The van der Waals surface area contributed by atoms with Crippen LogP contribution < -0.4 is 5.32 Å². The first-order valence-corrected chi connectivity index (χ1v) is 4.97. The Bertz CT molecular complexity index is 128. The van der Waals surface area contributed by atoms with Crippen LogP contribution in [0.3, 0.4) is 0 Å². The molecule has 0 spiro atoms. The Morgan fingerprint density at radius 3 is 2.75 bits per heavy atom. The van der Waals surface area contributed by atoms with Crippen LogP contribution in [0, 0.1) is 5.92 Å². The lowest BCUT2D eigenvalue weighted by Crippen LogP contribution is -2.41. The standard InChI is InChI=1S/C10H21NO/c1-4-10(2,3)11-7-9-5-6-12-8-9/h9,11H,4-8H2,1-3H3. The van der Waals surface area contributed by atoms with Gasteiger partial charge in [0.05, 0.1) is 6.61 Å². The lowest BCUT2D eigenvalue weighted by Gasteiger charge is -2.26. The smallest absolute Gasteiger partial charge is 0.0507 e. The van der Waals surface area contributed by atoms with Crippen molar-refractivity contribution in [2.45, 2.75) is 39.2 Å². The van der Waals surface area contributed by atoms with Gasteiger partial charge in [-0.25, -0.2) is 0 Å². The summed E-state index contributed by atoms with van der Waals surface area (Å²) in [6.45, 7) is 9.75. The largest absolute Gasteiger partial charge is 0.381 e. The second-order valence-electron chi connectivity index (χ2n) is 4.35. The van der Waals surface area contributed by atoms with E-state index in [0.717, 1.165) is 25.7 Å². The highest BCUT2D eigenvalue weighted by atomic mass is 16.5. The number of ether oxygens (including phenoxy) is 1. The van der Waals surface area contributed by atoms with Crippen molar-refractivity contribution in [3.8, 4) is 0 Å². The molecule has 1 atom stereocenters. The van der Waals surface area contributed by atoms with Crippen molar-refractivity contribution in [2.75, 3.05) is 19.8 Å². The minimum atomic E-state index is 0.294. The highest BCUT2D eigenvalue weighted by Crippen LogP contribution is 2.13. The molecule has 1 aliphatic rings. The van der Waals surface area contributed by atoms with Gasteiger partial charge in [-0.3, -0.25) is 0 Å². The quantitative estimate of drug-likeness (QED) is 0.696. The van der Waals surface area contributed by atoms with Gasteiger partial charge in [-0.1, -0.05) is 6.92 Å². The van der Waals surface area contributed by atoms with E-state index in [1.165, 1.54) is 12.8 Å². The Morgan fingerprint density at radius 1 is 1.50 bits per heavy atom. The molecule has 12 heavy (non-hydrogen) atoms. The van der Waals surface area contributed by atoms with Crippen LogP contribution in [0.2, 0.25) is 0 Å². The van der Waals surface area contributed by atoms with Gasteiger partial charge in [-0.05, 0) is 32.6 Å². The average molecular weight is 171 g/mol. The summed E-state index contributed by atoms with van der Waals surface area (Å²) >= 11 is 0. The van der Waals surface area contributed by atoms with E-state index in [9.17, 15) is 0 Å². The third-order valence-electron chi connectivity index (χ3n) is 2.78. The van der Waals surface area contributed by atoms with Crippen LogP contribution in [-0.4, -0.2) is 25.3 Å². The van der Waals surface area contributed by atoms with E-state index in [-0.39, 0.29) is 0 Å². The first-order valence-electron chi connectivity index (χ1n) is 4.97. The molecule has 1 unspecified atom stereocenters. The van der Waals surface area contributed by atoms with Gasteiger partial charge < -0.3 is 10.1 Å². The summed E-state index contributed by atoms with van der Waals surface area (Å²) < 4.78 is 5.32. The Hall–Kier alpha value is -0.0800. The molecule has 1 aliphatic heterocycles. The van der Waals surface area contributed by atoms with Gasteiger partial charge in [-0.15, -0.1) is 0 Å². The number of hydrogen-bond donors (Lipinski definition) is 1. The van der Waals surface area contributed by atoms with E-state index < -0.39 is 0 Å². The van der Waals surface area contributed by atoms with Crippen LogP contribution in [0.25, 0.3) is 0 Å². The first-order chi connectivity index (χ1) is 5.64. The lowest BCUT2D eigenvalue weighted by atomic mass is 10.0. The molecule has 0 aromatic heterocycles. The van der Waals surface area contributed by atoms with Crippen molar-refractivity contribution >= 4 is 0 Å². The minimum absolute atomic E-state index is 0.294. The number of rotatable bonds is 4. The molecule has 1 N–H and O–H groups in total. The third kappa shape index (κ3) is 3.11. The van der Waals surface area contributed by atoms with Crippen molar-refractivity contribution in [1.82, 2.24) is 5.32 Å². The van der Waals surface area contributed by atoms with Crippen molar-refractivity contribution in [3.05, 3.63) is 0 Å². The highest BCUT2D eigenvalue weighted by Gasteiger charge is 2.19. The minimum Gasteiger partial charge on any atom is -0.381 e. The monoisotopic (exact) mass is 171 g/mol. The van der Waals surface area contributed by atoms with Crippen LogP contribution in [0.4, 0.5) is 0 Å². The van der Waals surface area contributed by atoms with Crippen LogP contribution in [0.5, 0.6) is 0 Å². The second-order valence-corrected chi connectivity index (χ2v) is 4.35. The summed E-state index contributed by atoms with van der Waals surface area (Å²) in [7, 11) is 0. The summed E-state index contributed by atoms with van der Waals surface area (Å²) in [6.07, 6.45) is 2.41. The summed E-state index contributed by atoms with van der Waals surface area (Å²) in [5.74, 6) is 0.746. The van der Waals surface area contributed by atoms with E-state index in [2.05, 4.69) is 26.1 Å². The normalized spacial score (nSPS) is 24.8. The van der Waals surface area contributed by atoms with E-state index in [1.54, 1.807) is 0 Å². The molecule has 0 aromatic rings. The molecule has 2 nitrogen and oxygen atoms in total. The number of hydrogen-bond acceptors (Lipinski definition) is 2. The van der Waals surface area contributed by atoms with E-state index >= 15 is 0 Å². The molecule has 0 bridgehead atoms. The van der Waals surface area contributed by atoms with Crippen molar-refractivity contribution in [1.29, 1.82) is 0 Å². The molecular formula is C10H21NO. The zero-order valence-corrected chi connectivity index (χ0v) is 8.52. The zero-order chi connectivity index (χ0) is 9.03. The predicted molar refractivity (Wildman–Crippen MR) is 51.3 cm³/mol. The maximum atomic E-state index is 5.32. The Morgan fingerprint density at radius 2 is 2.25 bits per heavy atom. The summed E-state index contributed by atoms with van der Waals surface area (Å²) in [6, 6.07) is 0. The molecule has 72 valence electrons. The van der Waals surface area contributed by atoms with Crippen LogP contribution >= 0.6 is 0 Å². The Kier molecular flexibility index (Phi) is 3.53. The lowest BCUT2D eigenvalue weighted by molar-refractivity contribution is 0.183. The summed E-state index contributed by atoms with van der Waals surface area (Å²) in [4.78, 5) is 0. The molecule has 1 heterocycles. The van der Waals surface area contributed by atoms with Crippen molar-refractivity contribution in [3.63, 3.8) is 0 Å². The molecule has 1 fully saturated rings.